The maximum absolute atomic E-state index is 12.1. The van der Waals surface area contributed by atoms with E-state index in [0.717, 1.165) is 6.20 Å². The molecule has 0 bridgehead atoms. The van der Waals surface area contributed by atoms with E-state index in [1.54, 1.807) is 0 Å². The van der Waals surface area contributed by atoms with Gasteiger partial charge >= 0.3 is 6.18 Å². The van der Waals surface area contributed by atoms with Gasteiger partial charge in [0.05, 0.1) is 16.4 Å². The number of hydrogen-bond donors (Lipinski definition) is 0. The van der Waals surface area contributed by atoms with Crippen LogP contribution in [0.15, 0.2) is 12.3 Å². The van der Waals surface area contributed by atoms with Gasteiger partial charge in [0, 0.05) is 12.3 Å². The molecule has 0 saturated heterocycles. The van der Waals surface area contributed by atoms with E-state index < -0.39 is 22.5 Å². The topological polar surface area (TPSA) is 56.0 Å². The molecule has 0 saturated carbocycles. The van der Waals surface area contributed by atoms with Gasteiger partial charge in [-0.2, -0.15) is 13.2 Å². The molecule has 4 nitrogen and oxygen atoms in total. The zero-order valence-corrected chi connectivity index (χ0v) is 7.84. The molecule has 82 valence electrons. The van der Waals surface area contributed by atoms with E-state index in [0.29, 0.717) is 6.07 Å². The summed E-state index contributed by atoms with van der Waals surface area (Å²) in [6.07, 6.45) is -3.94. The van der Waals surface area contributed by atoms with Gasteiger partial charge in [-0.25, -0.2) is 0 Å². The van der Waals surface area contributed by atoms with Gasteiger partial charge in [-0.05, 0) is 0 Å². The lowest BCUT2D eigenvalue weighted by atomic mass is 10.2. The summed E-state index contributed by atoms with van der Waals surface area (Å²) in [4.78, 5) is 12.5. The molecule has 0 radical (unpaired) electrons. The van der Waals surface area contributed by atoms with Crippen molar-refractivity contribution in [2.45, 2.75) is 12.1 Å². The molecule has 0 atom stereocenters. The van der Waals surface area contributed by atoms with Gasteiger partial charge in [0.2, 0.25) is 0 Å². The summed E-state index contributed by atoms with van der Waals surface area (Å²) in [5.74, 6) is -0.262. The molecule has 0 aliphatic rings. The summed E-state index contributed by atoms with van der Waals surface area (Å²) in [5.41, 5.74) is -2.02. The van der Waals surface area contributed by atoms with Crippen LogP contribution in [0.25, 0.3) is 0 Å². The molecule has 0 amide bonds. The Balaban J connectivity index is 3.28. The SMILES string of the molecule is O=[N+]([O-])c1cc(C(F)(F)F)ncc1CCl. The highest BCUT2D eigenvalue weighted by Gasteiger charge is 2.34. The smallest absolute Gasteiger partial charge is 0.258 e. The molecule has 1 aromatic heterocycles. The van der Waals surface area contributed by atoms with Gasteiger partial charge in [-0.3, -0.25) is 15.1 Å². The van der Waals surface area contributed by atoms with Crippen LogP contribution >= 0.6 is 11.6 Å². The summed E-state index contributed by atoms with van der Waals surface area (Å²) in [6, 6.07) is 0.373. The van der Waals surface area contributed by atoms with E-state index in [1.807, 2.05) is 0 Å². The molecule has 0 aliphatic carbocycles. The minimum Gasteiger partial charge on any atom is -0.258 e. The number of aromatic nitrogens is 1. The summed E-state index contributed by atoms with van der Waals surface area (Å²) in [7, 11) is 0. The fourth-order valence-corrected chi connectivity index (χ4v) is 1.11. The average Bonchev–Trinajstić information content (AvgIpc) is 2.15. The lowest BCUT2D eigenvalue weighted by Crippen LogP contribution is -2.09. The van der Waals surface area contributed by atoms with Crippen molar-refractivity contribution in [2.75, 3.05) is 0 Å². The zero-order chi connectivity index (χ0) is 11.6. The Morgan fingerprint density at radius 1 is 1.53 bits per heavy atom. The van der Waals surface area contributed by atoms with Crippen LogP contribution in [-0.2, 0) is 12.1 Å². The number of hydrogen-bond acceptors (Lipinski definition) is 3. The monoisotopic (exact) mass is 240 g/mol. The Labute approximate surface area is 86.8 Å². The van der Waals surface area contributed by atoms with Crippen molar-refractivity contribution >= 4 is 17.3 Å². The number of halogens is 4. The van der Waals surface area contributed by atoms with Crippen LogP contribution in [-0.4, -0.2) is 9.91 Å². The van der Waals surface area contributed by atoms with Gasteiger partial charge < -0.3 is 0 Å². The molecule has 15 heavy (non-hydrogen) atoms. The first-order chi connectivity index (χ1) is 6.86. The third kappa shape index (κ3) is 2.56. The Kier molecular flexibility index (Phi) is 3.13. The maximum atomic E-state index is 12.1. The highest BCUT2D eigenvalue weighted by atomic mass is 35.5. The molecular formula is C7H4ClF3N2O2. The van der Waals surface area contributed by atoms with E-state index in [1.165, 1.54) is 0 Å². The fourth-order valence-electron chi connectivity index (χ4n) is 0.901. The van der Waals surface area contributed by atoms with E-state index in [4.69, 9.17) is 11.6 Å². The van der Waals surface area contributed by atoms with Crippen molar-refractivity contribution in [3.63, 3.8) is 0 Å². The number of rotatable bonds is 2. The van der Waals surface area contributed by atoms with Crippen molar-refractivity contribution in [3.8, 4) is 0 Å². The Hall–Kier alpha value is -1.37. The Morgan fingerprint density at radius 3 is 2.53 bits per heavy atom. The van der Waals surface area contributed by atoms with E-state index >= 15 is 0 Å². The number of pyridine rings is 1. The molecule has 0 N–H and O–H groups in total. The first-order valence-corrected chi connectivity index (χ1v) is 4.16. The minimum absolute atomic E-state index is 0.0466. The molecule has 0 aliphatic heterocycles. The highest BCUT2D eigenvalue weighted by molar-refractivity contribution is 6.17. The number of nitro groups is 1. The maximum Gasteiger partial charge on any atom is 0.433 e. The third-order valence-corrected chi connectivity index (χ3v) is 1.88. The van der Waals surface area contributed by atoms with Crippen LogP contribution in [0.4, 0.5) is 18.9 Å². The van der Waals surface area contributed by atoms with Crippen molar-refractivity contribution in [3.05, 3.63) is 33.6 Å². The summed E-state index contributed by atoms with van der Waals surface area (Å²) < 4.78 is 36.4. The molecule has 0 unspecified atom stereocenters. The Morgan fingerprint density at radius 2 is 2.13 bits per heavy atom. The molecule has 1 aromatic rings. The van der Waals surface area contributed by atoms with Crippen molar-refractivity contribution in [2.24, 2.45) is 0 Å². The van der Waals surface area contributed by atoms with E-state index in [2.05, 4.69) is 4.98 Å². The second-order valence-electron chi connectivity index (χ2n) is 2.59. The third-order valence-electron chi connectivity index (χ3n) is 1.59. The molecule has 8 heteroatoms. The molecule has 1 rings (SSSR count). The van der Waals surface area contributed by atoms with Crippen LogP contribution in [0.1, 0.15) is 11.3 Å². The summed E-state index contributed by atoms with van der Waals surface area (Å²) >= 11 is 5.32. The van der Waals surface area contributed by atoms with Gasteiger partial charge in [-0.1, -0.05) is 0 Å². The van der Waals surface area contributed by atoms with Crippen LogP contribution in [0, 0.1) is 10.1 Å². The lowest BCUT2D eigenvalue weighted by Gasteiger charge is -2.06. The zero-order valence-electron chi connectivity index (χ0n) is 7.08. The fraction of sp³-hybridized carbons (Fsp3) is 0.286. The summed E-state index contributed by atoms with van der Waals surface area (Å²) in [5, 5.41) is 10.4. The van der Waals surface area contributed by atoms with Crippen molar-refractivity contribution in [1.82, 2.24) is 4.98 Å². The minimum atomic E-state index is -4.70. The number of alkyl halides is 4. The average molecular weight is 241 g/mol. The van der Waals surface area contributed by atoms with Crippen molar-refractivity contribution < 1.29 is 18.1 Å². The molecule has 1 heterocycles. The molecule has 0 aromatic carbocycles. The lowest BCUT2D eigenvalue weighted by molar-refractivity contribution is -0.385. The van der Waals surface area contributed by atoms with E-state index in [-0.39, 0.29) is 11.4 Å². The molecule has 0 fully saturated rings. The quantitative estimate of drug-likeness (QED) is 0.454. The first-order valence-electron chi connectivity index (χ1n) is 3.62. The van der Waals surface area contributed by atoms with Gasteiger partial charge in [-0.15, -0.1) is 11.6 Å². The second-order valence-corrected chi connectivity index (χ2v) is 2.85. The summed E-state index contributed by atoms with van der Waals surface area (Å²) in [6.45, 7) is 0. The van der Waals surface area contributed by atoms with Crippen LogP contribution in [0.5, 0.6) is 0 Å². The second kappa shape index (κ2) is 4.01. The van der Waals surface area contributed by atoms with Crippen molar-refractivity contribution in [1.29, 1.82) is 0 Å². The normalized spacial score (nSPS) is 11.5. The Bertz CT molecular complexity index is 394. The van der Waals surface area contributed by atoms with Gasteiger partial charge in [0.15, 0.2) is 5.69 Å². The molecule has 0 spiro atoms. The van der Waals surface area contributed by atoms with E-state index in [9.17, 15) is 23.3 Å². The number of nitrogens with zero attached hydrogens (tertiary/aromatic N) is 2. The predicted molar refractivity (Wildman–Crippen MR) is 45.5 cm³/mol. The van der Waals surface area contributed by atoms with Crippen LogP contribution in [0.2, 0.25) is 0 Å². The van der Waals surface area contributed by atoms with Gasteiger partial charge in [0.25, 0.3) is 5.69 Å². The van der Waals surface area contributed by atoms with Crippen LogP contribution < -0.4 is 0 Å². The van der Waals surface area contributed by atoms with Crippen LogP contribution in [0.3, 0.4) is 0 Å². The largest absolute Gasteiger partial charge is 0.433 e. The first kappa shape index (κ1) is 11.7. The molecular weight excluding hydrogens is 237 g/mol. The highest BCUT2D eigenvalue weighted by Crippen LogP contribution is 2.31. The standard InChI is InChI=1S/C7H4ClF3N2O2/c8-2-4-3-12-6(7(9,10)11)1-5(4)13(14)15/h1,3H,2H2. The predicted octanol–water partition coefficient (Wildman–Crippen LogP) is 2.75. The van der Waals surface area contributed by atoms with Gasteiger partial charge in [0.1, 0.15) is 0 Å².